The second kappa shape index (κ2) is 3.95. The fourth-order valence-electron chi connectivity index (χ4n) is 2.69. The molecule has 0 atom stereocenters. The average Bonchev–Trinajstić information content (AvgIpc) is 2.70. The standard InChI is InChI=1S/C14H18N2/c1-15-8-2-3-9-16-10-7-12-5-4-6-13(11-15)14(12)16/h4-7,10H,2-3,8-9,11H2,1H3. The van der Waals surface area contributed by atoms with Gasteiger partial charge in [0, 0.05) is 19.3 Å². The van der Waals surface area contributed by atoms with Gasteiger partial charge in [-0.25, -0.2) is 0 Å². The molecule has 0 radical (unpaired) electrons. The van der Waals surface area contributed by atoms with E-state index in [-0.39, 0.29) is 0 Å². The summed E-state index contributed by atoms with van der Waals surface area (Å²) in [6.45, 7) is 3.44. The van der Waals surface area contributed by atoms with Crippen molar-refractivity contribution in [3.8, 4) is 0 Å². The second-order valence-corrected chi connectivity index (χ2v) is 4.81. The van der Waals surface area contributed by atoms with Gasteiger partial charge in [0.05, 0.1) is 5.52 Å². The molecule has 0 fully saturated rings. The molecule has 3 rings (SSSR count). The van der Waals surface area contributed by atoms with Gasteiger partial charge in [-0.2, -0.15) is 0 Å². The molecule has 0 spiro atoms. The fourth-order valence-corrected chi connectivity index (χ4v) is 2.69. The lowest BCUT2D eigenvalue weighted by Gasteiger charge is -2.15. The number of nitrogens with zero attached hydrogens (tertiary/aromatic N) is 2. The van der Waals surface area contributed by atoms with Gasteiger partial charge in [-0.15, -0.1) is 0 Å². The monoisotopic (exact) mass is 214 g/mol. The molecule has 2 nitrogen and oxygen atoms in total. The van der Waals surface area contributed by atoms with Gasteiger partial charge in [-0.1, -0.05) is 18.2 Å². The third kappa shape index (κ3) is 1.63. The Labute approximate surface area is 96.5 Å². The first-order valence-electron chi connectivity index (χ1n) is 6.10. The van der Waals surface area contributed by atoms with Crippen LogP contribution in [-0.4, -0.2) is 23.1 Å². The number of rotatable bonds is 0. The minimum Gasteiger partial charge on any atom is -0.347 e. The minimum absolute atomic E-state index is 1.07. The highest BCUT2D eigenvalue weighted by Crippen LogP contribution is 2.23. The average molecular weight is 214 g/mol. The quantitative estimate of drug-likeness (QED) is 0.654. The van der Waals surface area contributed by atoms with Gasteiger partial charge in [-0.05, 0) is 43.5 Å². The van der Waals surface area contributed by atoms with Crippen LogP contribution >= 0.6 is 0 Å². The summed E-state index contributed by atoms with van der Waals surface area (Å²) in [4.78, 5) is 2.43. The Kier molecular flexibility index (Phi) is 2.44. The fraction of sp³-hybridized carbons (Fsp3) is 0.429. The van der Waals surface area contributed by atoms with Crippen molar-refractivity contribution in [2.24, 2.45) is 0 Å². The van der Waals surface area contributed by atoms with E-state index in [9.17, 15) is 0 Å². The van der Waals surface area contributed by atoms with Crippen LogP contribution in [0.15, 0.2) is 30.5 Å². The van der Waals surface area contributed by atoms with Crippen LogP contribution in [0.5, 0.6) is 0 Å². The predicted molar refractivity (Wildman–Crippen MR) is 67.5 cm³/mol. The van der Waals surface area contributed by atoms with E-state index in [4.69, 9.17) is 0 Å². The molecule has 0 saturated heterocycles. The third-order valence-corrected chi connectivity index (χ3v) is 3.50. The van der Waals surface area contributed by atoms with Gasteiger partial charge < -0.3 is 9.47 Å². The van der Waals surface area contributed by atoms with Gasteiger partial charge >= 0.3 is 0 Å². The molecule has 2 heterocycles. The van der Waals surface area contributed by atoms with Crippen LogP contribution in [0.1, 0.15) is 18.4 Å². The Bertz CT molecular complexity index is 498. The molecule has 1 aliphatic heterocycles. The first kappa shape index (κ1) is 9.91. The summed E-state index contributed by atoms with van der Waals surface area (Å²) in [6.07, 6.45) is 4.81. The summed E-state index contributed by atoms with van der Waals surface area (Å²) >= 11 is 0. The molecule has 0 amide bonds. The van der Waals surface area contributed by atoms with Crippen molar-refractivity contribution >= 4 is 10.9 Å². The largest absolute Gasteiger partial charge is 0.347 e. The van der Waals surface area contributed by atoms with Crippen LogP contribution in [0.4, 0.5) is 0 Å². The molecule has 0 bridgehead atoms. The van der Waals surface area contributed by atoms with E-state index >= 15 is 0 Å². The minimum atomic E-state index is 1.07. The maximum atomic E-state index is 2.43. The van der Waals surface area contributed by atoms with Crippen LogP contribution in [0.25, 0.3) is 10.9 Å². The van der Waals surface area contributed by atoms with Gasteiger partial charge in [-0.3, -0.25) is 0 Å². The summed E-state index contributed by atoms with van der Waals surface area (Å²) in [7, 11) is 2.22. The molecule has 1 aliphatic rings. The molecular weight excluding hydrogens is 196 g/mol. The van der Waals surface area contributed by atoms with Crippen molar-refractivity contribution in [1.29, 1.82) is 0 Å². The maximum absolute atomic E-state index is 2.43. The lowest BCUT2D eigenvalue weighted by Crippen LogP contribution is -2.18. The highest BCUT2D eigenvalue weighted by atomic mass is 15.1. The predicted octanol–water partition coefficient (Wildman–Crippen LogP) is 2.87. The zero-order valence-electron chi connectivity index (χ0n) is 9.82. The Morgan fingerprint density at radius 3 is 2.88 bits per heavy atom. The zero-order valence-corrected chi connectivity index (χ0v) is 9.82. The molecule has 2 aromatic rings. The Morgan fingerprint density at radius 1 is 1.06 bits per heavy atom. The van der Waals surface area contributed by atoms with Crippen molar-refractivity contribution in [3.05, 3.63) is 36.0 Å². The van der Waals surface area contributed by atoms with Crippen molar-refractivity contribution in [2.45, 2.75) is 25.9 Å². The molecule has 0 unspecified atom stereocenters. The van der Waals surface area contributed by atoms with Gasteiger partial charge in [0.15, 0.2) is 0 Å². The maximum Gasteiger partial charge on any atom is 0.0525 e. The van der Waals surface area contributed by atoms with Gasteiger partial charge in [0.25, 0.3) is 0 Å². The number of benzene rings is 1. The molecular formula is C14H18N2. The van der Waals surface area contributed by atoms with Crippen LogP contribution < -0.4 is 0 Å². The number of aromatic nitrogens is 1. The topological polar surface area (TPSA) is 8.17 Å². The smallest absolute Gasteiger partial charge is 0.0525 e. The number of aryl methyl sites for hydroxylation is 1. The molecule has 0 aliphatic carbocycles. The third-order valence-electron chi connectivity index (χ3n) is 3.50. The van der Waals surface area contributed by atoms with E-state index in [1.54, 1.807) is 0 Å². The van der Waals surface area contributed by atoms with Gasteiger partial charge in [0.1, 0.15) is 0 Å². The molecule has 1 aromatic carbocycles. The molecule has 16 heavy (non-hydrogen) atoms. The molecule has 84 valence electrons. The Hall–Kier alpha value is -1.28. The number of hydrogen-bond acceptors (Lipinski definition) is 1. The van der Waals surface area contributed by atoms with E-state index in [1.807, 2.05) is 0 Å². The van der Waals surface area contributed by atoms with Gasteiger partial charge in [0.2, 0.25) is 0 Å². The molecule has 0 saturated carbocycles. The van der Waals surface area contributed by atoms with Crippen molar-refractivity contribution in [2.75, 3.05) is 13.6 Å². The van der Waals surface area contributed by atoms with Crippen molar-refractivity contribution in [1.82, 2.24) is 9.47 Å². The lowest BCUT2D eigenvalue weighted by molar-refractivity contribution is 0.320. The van der Waals surface area contributed by atoms with E-state index < -0.39 is 0 Å². The second-order valence-electron chi connectivity index (χ2n) is 4.81. The normalized spacial score (nSPS) is 18.1. The van der Waals surface area contributed by atoms with Crippen LogP contribution in [0.2, 0.25) is 0 Å². The van der Waals surface area contributed by atoms with Crippen LogP contribution in [0.3, 0.4) is 0 Å². The van der Waals surface area contributed by atoms with Crippen LogP contribution in [-0.2, 0) is 13.1 Å². The first-order valence-corrected chi connectivity index (χ1v) is 6.10. The number of hydrogen-bond donors (Lipinski definition) is 0. The van der Waals surface area contributed by atoms with E-state index in [0.29, 0.717) is 0 Å². The summed E-state index contributed by atoms with van der Waals surface area (Å²) in [6, 6.07) is 8.89. The van der Waals surface area contributed by atoms with E-state index in [2.05, 4.69) is 47.0 Å². The lowest BCUT2D eigenvalue weighted by atomic mass is 10.1. The van der Waals surface area contributed by atoms with Crippen molar-refractivity contribution in [3.63, 3.8) is 0 Å². The summed E-state index contributed by atoms with van der Waals surface area (Å²) < 4.78 is 2.42. The summed E-state index contributed by atoms with van der Waals surface area (Å²) in [5.41, 5.74) is 2.91. The SMILES string of the molecule is CN1CCCCn2ccc3cccc(c32)C1. The van der Waals surface area contributed by atoms with Crippen LogP contribution in [0, 0.1) is 0 Å². The molecule has 1 aromatic heterocycles. The number of para-hydroxylation sites is 1. The highest BCUT2D eigenvalue weighted by Gasteiger charge is 2.10. The highest BCUT2D eigenvalue weighted by molar-refractivity contribution is 5.83. The Balaban J connectivity index is 2.17. The first-order chi connectivity index (χ1) is 7.84. The molecule has 0 N–H and O–H groups in total. The summed E-state index contributed by atoms with van der Waals surface area (Å²) in [5, 5.41) is 1.38. The molecule has 2 heteroatoms. The summed E-state index contributed by atoms with van der Waals surface area (Å²) in [5.74, 6) is 0. The zero-order chi connectivity index (χ0) is 11.0. The van der Waals surface area contributed by atoms with Crippen molar-refractivity contribution < 1.29 is 0 Å². The van der Waals surface area contributed by atoms with E-state index in [1.165, 1.54) is 35.9 Å². The Morgan fingerprint density at radius 2 is 1.94 bits per heavy atom. The van der Waals surface area contributed by atoms with E-state index in [0.717, 1.165) is 13.1 Å².